The monoisotopic (exact) mass is 247 g/mol. The van der Waals surface area contributed by atoms with Gasteiger partial charge in [0.25, 0.3) is 0 Å². The van der Waals surface area contributed by atoms with Gasteiger partial charge in [-0.1, -0.05) is 30.1 Å². The van der Waals surface area contributed by atoms with Crippen molar-refractivity contribution in [1.82, 2.24) is 5.32 Å². The molecule has 1 aromatic carbocycles. The van der Waals surface area contributed by atoms with E-state index in [2.05, 4.69) is 5.32 Å². The maximum atomic E-state index is 6.06. The van der Waals surface area contributed by atoms with Gasteiger partial charge in [-0.3, -0.25) is 0 Å². The fourth-order valence-electron chi connectivity index (χ4n) is 1.31. The molecule has 0 amide bonds. The average molecular weight is 248 g/mol. The highest BCUT2D eigenvalue weighted by Gasteiger charge is 2.09. The van der Waals surface area contributed by atoms with E-state index in [1.165, 1.54) is 0 Å². The number of benzene rings is 1. The Hall–Kier alpha value is -0.440. The molecule has 4 heteroatoms. The molecule has 0 spiro atoms. The number of ether oxygens (including phenoxy) is 1. The molecule has 2 nitrogen and oxygen atoms in total. The number of rotatable bonds is 5. The van der Waals surface area contributed by atoms with Crippen molar-refractivity contribution >= 4 is 23.2 Å². The van der Waals surface area contributed by atoms with Crippen LogP contribution in [0, 0.1) is 0 Å². The normalized spacial score (nSPS) is 10.4. The van der Waals surface area contributed by atoms with Gasteiger partial charge in [-0.25, -0.2) is 0 Å². The molecule has 0 radical (unpaired) electrons. The Morgan fingerprint density at radius 2 is 2.00 bits per heavy atom. The zero-order chi connectivity index (χ0) is 11.3. The van der Waals surface area contributed by atoms with Crippen molar-refractivity contribution in [2.75, 3.05) is 13.2 Å². The molecule has 0 heterocycles. The molecule has 1 aromatic rings. The van der Waals surface area contributed by atoms with E-state index in [0.29, 0.717) is 23.2 Å². The van der Waals surface area contributed by atoms with E-state index in [-0.39, 0.29) is 0 Å². The molecule has 0 saturated carbocycles. The molecule has 84 valence electrons. The maximum Gasteiger partial charge on any atom is 0.142 e. The molecule has 1 rings (SSSR count). The molecular formula is C11H15Cl2NO. The fraction of sp³-hybridized carbons (Fsp3) is 0.455. The molecule has 0 aliphatic heterocycles. The molecule has 0 aliphatic carbocycles. The molecule has 1 N–H and O–H groups in total. The largest absolute Gasteiger partial charge is 0.492 e. The van der Waals surface area contributed by atoms with Gasteiger partial charge >= 0.3 is 0 Å². The topological polar surface area (TPSA) is 21.3 Å². The van der Waals surface area contributed by atoms with Crippen molar-refractivity contribution in [3.05, 3.63) is 27.7 Å². The van der Waals surface area contributed by atoms with Gasteiger partial charge in [-0.2, -0.15) is 0 Å². The van der Waals surface area contributed by atoms with Gasteiger partial charge in [0, 0.05) is 17.1 Å². The van der Waals surface area contributed by atoms with Gasteiger partial charge in [-0.05, 0) is 25.6 Å². The highest BCUT2D eigenvalue weighted by Crippen LogP contribution is 2.32. The Morgan fingerprint density at radius 1 is 1.27 bits per heavy atom. The van der Waals surface area contributed by atoms with Crippen LogP contribution in [0.1, 0.15) is 19.4 Å². The van der Waals surface area contributed by atoms with Gasteiger partial charge in [0.2, 0.25) is 0 Å². The standard InChI is InChI=1S/C11H15Cl2NO/c1-3-14-7-8-5-9(12)6-10(13)11(8)15-4-2/h5-6,14H,3-4,7H2,1-2H3. The average Bonchev–Trinajstić information content (AvgIpc) is 2.19. The first-order chi connectivity index (χ1) is 7.19. The molecule has 0 saturated heterocycles. The van der Waals surface area contributed by atoms with E-state index in [1.807, 2.05) is 19.9 Å². The van der Waals surface area contributed by atoms with Crippen molar-refractivity contribution in [3.8, 4) is 5.75 Å². The van der Waals surface area contributed by atoms with Crippen LogP contribution in [0.2, 0.25) is 10.0 Å². The summed E-state index contributed by atoms with van der Waals surface area (Å²) in [7, 11) is 0. The minimum atomic E-state index is 0.567. The Morgan fingerprint density at radius 3 is 2.60 bits per heavy atom. The lowest BCUT2D eigenvalue weighted by atomic mass is 10.2. The minimum Gasteiger partial charge on any atom is -0.492 e. The predicted octanol–water partition coefficient (Wildman–Crippen LogP) is 3.50. The Kier molecular flexibility index (Phi) is 5.23. The SMILES string of the molecule is CCNCc1cc(Cl)cc(Cl)c1OCC. The van der Waals surface area contributed by atoms with Gasteiger partial charge in [-0.15, -0.1) is 0 Å². The van der Waals surface area contributed by atoms with Gasteiger partial charge in [0.15, 0.2) is 0 Å². The summed E-state index contributed by atoms with van der Waals surface area (Å²) in [6.07, 6.45) is 0. The quantitative estimate of drug-likeness (QED) is 0.861. The summed E-state index contributed by atoms with van der Waals surface area (Å²) in [5.74, 6) is 0.726. The van der Waals surface area contributed by atoms with Crippen molar-refractivity contribution in [2.24, 2.45) is 0 Å². The van der Waals surface area contributed by atoms with Crippen LogP contribution in [-0.4, -0.2) is 13.2 Å². The molecule has 0 aromatic heterocycles. The molecule has 0 atom stereocenters. The van der Waals surface area contributed by atoms with Crippen LogP contribution in [0.3, 0.4) is 0 Å². The molecule has 15 heavy (non-hydrogen) atoms. The van der Waals surface area contributed by atoms with Crippen LogP contribution in [-0.2, 0) is 6.54 Å². The smallest absolute Gasteiger partial charge is 0.142 e. The van der Waals surface area contributed by atoms with Crippen LogP contribution in [0.15, 0.2) is 12.1 Å². The third-order valence-corrected chi connectivity index (χ3v) is 2.44. The first-order valence-electron chi connectivity index (χ1n) is 5.00. The Labute approximate surface area is 101 Å². The zero-order valence-corrected chi connectivity index (χ0v) is 10.5. The minimum absolute atomic E-state index is 0.567. The summed E-state index contributed by atoms with van der Waals surface area (Å²) in [5, 5.41) is 4.42. The van der Waals surface area contributed by atoms with Crippen molar-refractivity contribution in [3.63, 3.8) is 0 Å². The summed E-state index contributed by atoms with van der Waals surface area (Å²) in [4.78, 5) is 0. The molecule has 0 bridgehead atoms. The number of nitrogens with one attached hydrogen (secondary N) is 1. The highest BCUT2D eigenvalue weighted by molar-refractivity contribution is 6.35. The second-order valence-electron chi connectivity index (χ2n) is 3.09. The maximum absolute atomic E-state index is 6.06. The summed E-state index contributed by atoms with van der Waals surface area (Å²) in [6, 6.07) is 3.57. The second kappa shape index (κ2) is 6.21. The molecule has 0 fully saturated rings. The lowest BCUT2D eigenvalue weighted by molar-refractivity contribution is 0.336. The van der Waals surface area contributed by atoms with Gasteiger partial charge < -0.3 is 10.1 Å². The number of hydrogen-bond donors (Lipinski definition) is 1. The predicted molar refractivity (Wildman–Crippen MR) is 65.0 cm³/mol. The third kappa shape index (κ3) is 3.56. The Bertz CT molecular complexity index is 329. The van der Waals surface area contributed by atoms with Crippen LogP contribution in [0.4, 0.5) is 0 Å². The molecule has 0 unspecified atom stereocenters. The van der Waals surface area contributed by atoms with E-state index in [9.17, 15) is 0 Å². The van der Waals surface area contributed by atoms with Crippen molar-refractivity contribution < 1.29 is 4.74 Å². The van der Waals surface area contributed by atoms with Crippen molar-refractivity contribution in [1.29, 1.82) is 0 Å². The van der Waals surface area contributed by atoms with Crippen molar-refractivity contribution in [2.45, 2.75) is 20.4 Å². The van der Waals surface area contributed by atoms with Crippen LogP contribution in [0.5, 0.6) is 5.75 Å². The first kappa shape index (κ1) is 12.6. The third-order valence-electron chi connectivity index (χ3n) is 1.94. The van der Waals surface area contributed by atoms with Crippen LogP contribution in [0.25, 0.3) is 0 Å². The van der Waals surface area contributed by atoms with E-state index < -0.39 is 0 Å². The number of halogens is 2. The van der Waals surface area contributed by atoms with E-state index in [0.717, 1.165) is 17.9 Å². The van der Waals surface area contributed by atoms with Gasteiger partial charge in [0.05, 0.1) is 11.6 Å². The lowest BCUT2D eigenvalue weighted by Crippen LogP contribution is -2.13. The zero-order valence-electron chi connectivity index (χ0n) is 8.94. The summed E-state index contributed by atoms with van der Waals surface area (Å²) in [5.41, 5.74) is 0.996. The van der Waals surface area contributed by atoms with E-state index >= 15 is 0 Å². The van der Waals surface area contributed by atoms with Crippen LogP contribution >= 0.6 is 23.2 Å². The molecule has 0 aliphatic rings. The Balaban J connectivity index is 2.97. The summed E-state index contributed by atoms with van der Waals surface area (Å²) in [6.45, 7) is 6.19. The summed E-state index contributed by atoms with van der Waals surface area (Å²) >= 11 is 12.0. The molecular weight excluding hydrogens is 233 g/mol. The van der Waals surface area contributed by atoms with Gasteiger partial charge in [0.1, 0.15) is 5.75 Å². The fourth-order valence-corrected chi connectivity index (χ4v) is 1.90. The highest BCUT2D eigenvalue weighted by atomic mass is 35.5. The summed E-state index contributed by atoms with van der Waals surface area (Å²) < 4.78 is 5.49. The van der Waals surface area contributed by atoms with Crippen LogP contribution < -0.4 is 10.1 Å². The second-order valence-corrected chi connectivity index (χ2v) is 3.93. The number of hydrogen-bond acceptors (Lipinski definition) is 2. The van der Waals surface area contributed by atoms with E-state index in [1.54, 1.807) is 6.07 Å². The lowest BCUT2D eigenvalue weighted by Gasteiger charge is -2.12. The first-order valence-corrected chi connectivity index (χ1v) is 5.76. The van der Waals surface area contributed by atoms with E-state index in [4.69, 9.17) is 27.9 Å².